The average molecular weight is 470 g/mol. The molecule has 0 aliphatic heterocycles. The lowest BCUT2D eigenvalue weighted by Crippen LogP contribution is -2.31. The van der Waals surface area contributed by atoms with Crippen LogP contribution in [0.15, 0.2) is 64.2 Å². The SMILES string of the molecule is Cn1c(=O)[nH]c(=O)c2c1nc(NCCc1ccccc1)n2C[C@@H](O)COc1ccc(Cl)cc1. The summed E-state index contributed by atoms with van der Waals surface area (Å²) >= 11 is 5.88. The number of hydrogen-bond donors (Lipinski definition) is 3. The summed E-state index contributed by atoms with van der Waals surface area (Å²) in [4.78, 5) is 31.4. The number of aryl methyl sites for hydroxylation is 1. The molecular formula is C23H24ClN5O4. The summed E-state index contributed by atoms with van der Waals surface area (Å²) in [6.07, 6.45) is -0.203. The second kappa shape index (κ2) is 9.93. The smallest absolute Gasteiger partial charge is 0.329 e. The molecule has 9 nitrogen and oxygen atoms in total. The Balaban J connectivity index is 1.56. The minimum absolute atomic E-state index is 0.00553. The Morgan fingerprint density at radius 3 is 2.61 bits per heavy atom. The summed E-state index contributed by atoms with van der Waals surface area (Å²) in [5.41, 5.74) is 0.457. The number of hydrogen-bond acceptors (Lipinski definition) is 6. The molecule has 0 unspecified atom stereocenters. The van der Waals surface area contributed by atoms with Crippen LogP contribution in [-0.2, 0) is 20.0 Å². The molecule has 10 heteroatoms. The number of anilines is 1. The number of rotatable bonds is 9. The predicted octanol–water partition coefficient (Wildman–Crippen LogP) is 2.17. The topological polar surface area (TPSA) is 114 Å². The first-order valence-corrected chi connectivity index (χ1v) is 10.8. The van der Waals surface area contributed by atoms with Gasteiger partial charge in [-0.05, 0) is 36.2 Å². The fourth-order valence-corrected chi connectivity index (χ4v) is 3.62. The number of benzene rings is 2. The van der Waals surface area contributed by atoms with Crippen molar-refractivity contribution in [1.29, 1.82) is 0 Å². The summed E-state index contributed by atoms with van der Waals surface area (Å²) in [6, 6.07) is 16.7. The lowest BCUT2D eigenvalue weighted by Gasteiger charge is -2.16. The molecular weight excluding hydrogens is 446 g/mol. The van der Waals surface area contributed by atoms with Gasteiger partial charge < -0.3 is 19.7 Å². The Bertz CT molecular complexity index is 1350. The Morgan fingerprint density at radius 2 is 1.88 bits per heavy atom. The number of H-pyrrole nitrogens is 1. The molecule has 2 aromatic carbocycles. The van der Waals surface area contributed by atoms with Crippen LogP contribution in [0.2, 0.25) is 5.02 Å². The van der Waals surface area contributed by atoms with E-state index in [-0.39, 0.29) is 24.3 Å². The van der Waals surface area contributed by atoms with Gasteiger partial charge in [-0.3, -0.25) is 14.3 Å². The molecule has 0 radical (unpaired) electrons. The number of halogens is 1. The van der Waals surface area contributed by atoms with E-state index in [1.807, 2.05) is 30.3 Å². The third kappa shape index (κ3) is 5.27. The van der Waals surface area contributed by atoms with Crippen LogP contribution in [0.1, 0.15) is 5.56 Å². The number of nitrogens with one attached hydrogen (secondary N) is 2. The zero-order chi connectivity index (χ0) is 23.4. The van der Waals surface area contributed by atoms with E-state index in [2.05, 4.69) is 15.3 Å². The summed E-state index contributed by atoms with van der Waals surface area (Å²) < 4.78 is 8.48. The number of ether oxygens (including phenoxy) is 1. The monoisotopic (exact) mass is 469 g/mol. The molecule has 0 aliphatic rings. The first kappa shape index (κ1) is 22.6. The van der Waals surface area contributed by atoms with E-state index in [1.54, 1.807) is 28.8 Å². The van der Waals surface area contributed by atoms with Crippen molar-refractivity contribution >= 4 is 28.7 Å². The minimum atomic E-state index is -0.940. The average Bonchev–Trinajstić information content (AvgIpc) is 3.16. The molecule has 0 amide bonds. The fourth-order valence-electron chi connectivity index (χ4n) is 3.50. The van der Waals surface area contributed by atoms with Gasteiger partial charge in [0.05, 0.1) is 6.54 Å². The highest BCUT2D eigenvalue weighted by Crippen LogP contribution is 2.18. The highest BCUT2D eigenvalue weighted by molar-refractivity contribution is 6.30. The first-order chi connectivity index (χ1) is 15.9. The first-order valence-electron chi connectivity index (χ1n) is 10.5. The van der Waals surface area contributed by atoms with Crippen LogP contribution >= 0.6 is 11.6 Å². The van der Waals surface area contributed by atoms with Gasteiger partial charge in [0, 0.05) is 18.6 Å². The largest absolute Gasteiger partial charge is 0.491 e. The second-order valence-electron chi connectivity index (χ2n) is 7.62. The van der Waals surface area contributed by atoms with Gasteiger partial charge in [-0.15, -0.1) is 0 Å². The Morgan fingerprint density at radius 1 is 1.15 bits per heavy atom. The molecule has 1 atom stereocenters. The number of aliphatic hydroxyl groups is 1. The Labute approximate surface area is 194 Å². The third-order valence-electron chi connectivity index (χ3n) is 5.20. The minimum Gasteiger partial charge on any atom is -0.491 e. The second-order valence-corrected chi connectivity index (χ2v) is 8.05. The summed E-state index contributed by atoms with van der Waals surface area (Å²) in [6.45, 7) is 0.587. The molecule has 2 aromatic heterocycles. The molecule has 0 fully saturated rings. The van der Waals surface area contributed by atoms with Crippen LogP contribution < -0.4 is 21.3 Å². The predicted molar refractivity (Wildman–Crippen MR) is 127 cm³/mol. The van der Waals surface area contributed by atoms with E-state index in [0.29, 0.717) is 23.3 Å². The summed E-state index contributed by atoms with van der Waals surface area (Å²) in [5.74, 6) is 0.952. The molecule has 4 aromatic rings. The maximum absolute atomic E-state index is 12.6. The van der Waals surface area contributed by atoms with Crippen molar-refractivity contribution < 1.29 is 9.84 Å². The van der Waals surface area contributed by atoms with Crippen molar-refractivity contribution in [2.45, 2.75) is 19.1 Å². The van der Waals surface area contributed by atoms with Crippen molar-refractivity contribution in [1.82, 2.24) is 19.1 Å². The summed E-state index contributed by atoms with van der Waals surface area (Å²) in [7, 11) is 1.53. The molecule has 3 N–H and O–H groups in total. The molecule has 33 heavy (non-hydrogen) atoms. The van der Waals surface area contributed by atoms with E-state index < -0.39 is 17.4 Å². The maximum Gasteiger partial charge on any atom is 0.329 e. The summed E-state index contributed by atoms with van der Waals surface area (Å²) in [5, 5.41) is 14.4. The molecule has 2 heterocycles. The highest BCUT2D eigenvalue weighted by Gasteiger charge is 2.20. The molecule has 172 valence electrons. The van der Waals surface area contributed by atoms with Crippen LogP contribution in [-0.4, -0.2) is 43.5 Å². The maximum atomic E-state index is 12.6. The Hall–Kier alpha value is -3.56. The number of aromatic nitrogens is 4. The van der Waals surface area contributed by atoms with Crippen molar-refractivity contribution in [3.8, 4) is 5.75 Å². The van der Waals surface area contributed by atoms with Gasteiger partial charge in [0.1, 0.15) is 18.5 Å². The van der Waals surface area contributed by atoms with Crippen LogP contribution in [0.4, 0.5) is 5.95 Å². The molecule has 0 aliphatic carbocycles. The van der Waals surface area contributed by atoms with Gasteiger partial charge in [0.15, 0.2) is 11.2 Å². The van der Waals surface area contributed by atoms with Gasteiger partial charge in [-0.1, -0.05) is 41.9 Å². The van der Waals surface area contributed by atoms with E-state index in [4.69, 9.17) is 16.3 Å². The molecule has 0 spiro atoms. The molecule has 0 saturated carbocycles. The van der Waals surface area contributed by atoms with Gasteiger partial charge in [-0.25, -0.2) is 4.79 Å². The van der Waals surface area contributed by atoms with E-state index in [0.717, 1.165) is 12.0 Å². The van der Waals surface area contributed by atoms with E-state index in [1.165, 1.54) is 11.6 Å². The molecule has 0 saturated heterocycles. The standard InChI is InChI=1S/C23H24ClN5O4/c1-28-20-19(21(31)27-23(28)32)29(13-17(30)14-33-18-9-7-16(24)8-10-18)22(26-20)25-12-11-15-5-3-2-4-6-15/h2-10,17,30H,11-14H2,1H3,(H,25,26)(H,27,31,32)/t17-/m1/s1. The molecule has 0 bridgehead atoms. The van der Waals surface area contributed by atoms with E-state index >= 15 is 0 Å². The van der Waals surface area contributed by atoms with E-state index in [9.17, 15) is 14.7 Å². The van der Waals surface area contributed by atoms with Gasteiger partial charge in [-0.2, -0.15) is 4.98 Å². The number of aromatic amines is 1. The molecule has 4 rings (SSSR count). The number of nitrogens with zero attached hydrogens (tertiary/aromatic N) is 3. The van der Waals surface area contributed by atoms with Crippen LogP contribution in [0.5, 0.6) is 5.75 Å². The quantitative estimate of drug-likeness (QED) is 0.346. The highest BCUT2D eigenvalue weighted by atomic mass is 35.5. The van der Waals surface area contributed by atoms with Crippen LogP contribution in [0.3, 0.4) is 0 Å². The zero-order valence-corrected chi connectivity index (χ0v) is 18.7. The van der Waals surface area contributed by atoms with Crippen LogP contribution in [0, 0.1) is 0 Å². The fraction of sp³-hybridized carbons (Fsp3) is 0.261. The zero-order valence-electron chi connectivity index (χ0n) is 18.0. The van der Waals surface area contributed by atoms with Crippen molar-refractivity contribution in [3.63, 3.8) is 0 Å². The lowest BCUT2D eigenvalue weighted by atomic mass is 10.1. The number of imidazole rings is 1. The number of aliphatic hydroxyl groups excluding tert-OH is 1. The Kier molecular flexibility index (Phi) is 6.81. The lowest BCUT2D eigenvalue weighted by molar-refractivity contribution is 0.0938. The van der Waals surface area contributed by atoms with Crippen molar-refractivity contribution in [2.24, 2.45) is 7.05 Å². The van der Waals surface area contributed by atoms with Crippen molar-refractivity contribution in [2.75, 3.05) is 18.5 Å². The van der Waals surface area contributed by atoms with Crippen LogP contribution in [0.25, 0.3) is 11.2 Å². The van der Waals surface area contributed by atoms with Gasteiger partial charge in [0.25, 0.3) is 5.56 Å². The number of fused-ring (bicyclic) bond motifs is 1. The third-order valence-corrected chi connectivity index (χ3v) is 5.45. The normalized spacial score (nSPS) is 12.1. The van der Waals surface area contributed by atoms with Crippen molar-refractivity contribution in [3.05, 3.63) is 86.0 Å². The van der Waals surface area contributed by atoms with Gasteiger partial charge in [0.2, 0.25) is 5.95 Å². The van der Waals surface area contributed by atoms with Gasteiger partial charge >= 0.3 is 5.69 Å².